The first-order valence-corrected chi connectivity index (χ1v) is 7.04. The number of carbonyl (C=O) groups is 1. The molecular weight excluding hydrogens is 296 g/mol. The molecule has 122 valence electrons. The molecule has 0 fully saturated rings. The van der Waals surface area contributed by atoms with Crippen LogP contribution in [0.5, 0.6) is 5.75 Å². The number of hydrogen-bond acceptors (Lipinski definition) is 4. The van der Waals surface area contributed by atoms with Crippen molar-refractivity contribution < 1.29 is 14.5 Å². The van der Waals surface area contributed by atoms with Crippen molar-refractivity contribution in [2.75, 3.05) is 20.7 Å². The van der Waals surface area contributed by atoms with Gasteiger partial charge in [0, 0.05) is 20.2 Å². The van der Waals surface area contributed by atoms with Crippen molar-refractivity contribution in [1.82, 2.24) is 4.90 Å². The molecule has 0 atom stereocenters. The van der Waals surface area contributed by atoms with Gasteiger partial charge in [-0.05, 0) is 25.1 Å². The Morgan fingerprint density at radius 2 is 1.96 bits per heavy atom. The molecule has 0 spiro atoms. The van der Waals surface area contributed by atoms with E-state index in [9.17, 15) is 14.9 Å². The molecule has 0 aliphatic rings. The Morgan fingerprint density at radius 3 is 2.57 bits per heavy atom. The third kappa shape index (κ3) is 5.78. The van der Waals surface area contributed by atoms with Crippen molar-refractivity contribution in [3.63, 3.8) is 0 Å². The monoisotopic (exact) mass is 316 g/mol. The van der Waals surface area contributed by atoms with Crippen molar-refractivity contribution in [2.24, 2.45) is 0 Å². The molecule has 1 rings (SSSR count). The van der Waals surface area contributed by atoms with E-state index in [0.29, 0.717) is 12.4 Å². The standard InChI is InChI=1S/C17H20N2O4/c1-4-5-6-7-8-9-12-23-14-10-11-16(19(21)22)15(13-14)17(20)18(2)3/h4-11,13H,12H2,1-3H3/b5-4-,7-6-,9-8+. The van der Waals surface area contributed by atoms with E-state index >= 15 is 0 Å². The Hall–Kier alpha value is -2.89. The number of nitro benzene ring substituents is 1. The number of amides is 1. The smallest absolute Gasteiger partial charge is 0.282 e. The molecule has 6 nitrogen and oxygen atoms in total. The summed E-state index contributed by atoms with van der Waals surface area (Å²) in [7, 11) is 3.08. The first-order chi connectivity index (χ1) is 11.0. The Labute approximate surface area is 135 Å². The number of carbonyl (C=O) groups excluding carboxylic acids is 1. The quantitative estimate of drug-likeness (QED) is 0.439. The maximum Gasteiger partial charge on any atom is 0.282 e. The summed E-state index contributed by atoms with van der Waals surface area (Å²) < 4.78 is 5.49. The molecule has 0 heterocycles. The lowest BCUT2D eigenvalue weighted by Gasteiger charge is -2.11. The average molecular weight is 316 g/mol. The van der Waals surface area contributed by atoms with Gasteiger partial charge in [0.05, 0.1) is 4.92 Å². The fraction of sp³-hybridized carbons (Fsp3) is 0.235. The van der Waals surface area contributed by atoms with Gasteiger partial charge in [0.25, 0.3) is 11.6 Å². The maximum absolute atomic E-state index is 12.0. The van der Waals surface area contributed by atoms with E-state index in [2.05, 4.69) is 0 Å². The zero-order chi connectivity index (χ0) is 17.2. The highest BCUT2D eigenvalue weighted by atomic mass is 16.6. The van der Waals surface area contributed by atoms with Gasteiger partial charge >= 0.3 is 0 Å². The maximum atomic E-state index is 12.0. The van der Waals surface area contributed by atoms with E-state index in [0.717, 1.165) is 0 Å². The van der Waals surface area contributed by atoms with E-state index < -0.39 is 10.8 Å². The zero-order valence-corrected chi connectivity index (χ0v) is 13.4. The third-order valence-corrected chi connectivity index (χ3v) is 2.81. The number of benzene rings is 1. The van der Waals surface area contributed by atoms with Gasteiger partial charge in [-0.1, -0.05) is 30.4 Å². The van der Waals surface area contributed by atoms with Gasteiger partial charge in [0.15, 0.2) is 0 Å². The van der Waals surface area contributed by atoms with Crippen LogP contribution in [0, 0.1) is 10.1 Å². The second kappa shape index (κ2) is 9.19. The van der Waals surface area contributed by atoms with Gasteiger partial charge in [-0.25, -0.2) is 0 Å². The molecule has 1 amide bonds. The predicted octanol–water partition coefficient (Wildman–Crippen LogP) is 3.36. The summed E-state index contributed by atoms with van der Waals surface area (Å²) in [4.78, 5) is 23.8. The van der Waals surface area contributed by atoms with Crippen LogP contribution in [-0.2, 0) is 0 Å². The van der Waals surface area contributed by atoms with Gasteiger partial charge in [-0.3, -0.25) is 14.9 Å². The number of nitrogens with zero attached hydrogens (tertiary/aromatic N) is 2. The number of nitro groups is 1. The molecule has 1 aromatic carbocycles. The fourth-order valence-corrected chi connectivity index (χ4v) is 1.69. The number of ether oxygens (including phenoxy) is 1. The molecule has 0 unspecified atom stereocenters. The first-order valence-electron chi connectivity index (χ1n) is 7.04. The molecule has 6 heteroatoms. The van der Waals surface area contributed by atoms with E-state index in [1.807, 2.05) is 37.3 Å². The number of hydrogen-bond donors (Lipinski definition) is 0. The van der Waals surface area contributed by atoms with Crippen LogP contribution in [0.25, 0.3) is 0 Å². The van der Waals surface area contributed by atoms with Gasteiger partial charge in [-0.15, -0.1) is 0 Å². The normalized spacial score (nSPS) is 11.4. The summed E-state index contributed by atoms with van der Waals surface area (Å²) in [6.45, 7) is 2.23. The van der Waals surface area contributed by atoms with Crippen molar-refractivity contribution in [3.8, 4) is 5.75 Å². The summed E-state index contributed by atoms with van der Waals surface area (Å²) >= 11 is 0. The van der Waals surface area contributed by atoms with Crippen LogP contribution in [0.2, 0.25) is 0 Å². The molecule has 0 N–H and O–H groups in total. The molecule has 0 saturated carbocycles. The number of allylic oxidation sites excluding steroid dienone is 5. The average Bonchev–Trinajstić information content (AvgIpc) is 2.52. The highest BCUT2D eigenvalue weighted by Crippen LogP contribution is 2.25. The number of rotatable bonds is 7. The summed E-state index contributed by atoms with van der Waals surface area (Å²) in [5, 5.41) is 11.0. The van der Waals surface area contributed by atoms with Gasteiger partial charge in [-0.2, -0.15) is 0 Å². The molecule has 0 radical (unpaired) electrons. The van der Waals surface area contributed by atoms with Crippen LogP contribution in [0.15, 0.2) is 54.7 Å². The van der Waals surface area contributed by atoms with Crippen molar-refractivity contribution in [2.45, 2.75) is 6.92 Å². The molecule has 0 aromatic heterocycles. The van der Waals surface area contributed by atoms with Crippen LogP contribution >= 0.6 is 0 Å². The minimum absolute atomic E-state index is 0.00876. The topological polar surface area (TPSA) is 72.7 Å². The summed E-state index contributed by atoms with van der Waals surface area (Å²) in [5.41, 5.74) is -0.227. The summed E-state index contributed by atoms with van der Waals surface area (Å²) in [6.07, 6.45) is 11.2. The fourth-order valence-electron chi connectivity index (χ4n) is 1.69. The molecular formula is C17H20N2O4. The zero-order valence-electron chi connectivity index (χ0n) is 13.4. The minimum atomic E-state index is -0.577. The highest BCUT2D eigenvalue weighted by molar-refractivity contribution is 5.98. The third-order valence-electron chi connectivity index (χ3n) is 2.81. The van der Waals surface area contributed by atoms with Gasteiger partial charge in [0.1, 0.15) is 17.9 Å². The Balaban J connectivity index is 2.83. The molecule has 0 aliphatic carbocycles. The molecule has 0 saturated heterocycles. The first kappa shape index (κ1) is 18.2. The second-order valence-corrected chi connectivity index (χ2v) is 4.79. The Morgan fingerprint density at radius 1 is 1.26 bits per heavy atom. The van der Waals surface area contributed by atoms with E-state index in [1.165, 1.54) is 23.1 Å². The highest BCUT2D eigenvalue weighted by Gasteiger charge is 2.22. The van der Waals surface area contributed by atoms with E-state index in [1.54, 1.807) is 20.2 Å². The molecule has 0 aliphatic heterocycles. The van der Waals surface area contributed by atoms with Gasteiger partial charge < -0.3 is 9.64 Å². The molecule has 1 aromatic rings. The predicted molar refractivity (Wildman–Crippen MR) is 89.7 cm³/mol. The van der Waals surface area contributed by atoms with Crippen LogP contribution in [0.3, 0.4) is 0 Å². The van der Waals surface area contributed by atoms with E-state index in [4.69, 9.17) is 4.74 Å². The SMILES string of the molecule is C\C=C/C=C\C=C\COc1ccc([N+](=O)[O-])c(C(=O)N(C)C)c1. The lowest BCUT2D eigenvalue weighted by atomic mass is 10.1. The summed E-state index contributed by atoms with van der Waals surface area (Å²) in [6, 6.07) is 4.15. The van der Waals surface area contributed by atoms with E-state index in [-0.39, 0.29) is 11.3 Å². The summed E-state index contributed by atoms with van der Waals surface area (Å²) in [5.74, 6) is -0.0325. The van der Waals surface area contributed by atoms with Gasteiger partial charge in [0.2, 0.25) is 0 Å². The van der Waals surface area contributed by atoms with Crippen molar-refractivity contribution >= 4 is 11.6 Å². The second-order valence-electron chi connectivity index (χ2n) is 4.79. The minimum Gasteiger partial charge on any atom is -0.490 e. The van der Waals surface area contributed by atoms with Crippen molar-refractivity contribution in [1.29, 1.82) is 0 Å². The van der Waals surface area contributed by atoms with Crippen LogP contribution in [-0.4, -0.2) is 36.4 Å². The van der Waals surface area contributed by atoms with Crippen LogP contribution in [0.4, 0.5) is 5.69 Å². The Bertz CT molecular complexity index is 646. The van der Waals surface area contributed by atoms with Crippen LogP contribution in [0.1, 0.15) is 17.3 Å². The lowest BCUT2D eigenvalue weighted by Crippen LogP contribution is -2.22. The molecule has 23 heavy (non-hydrogen) atoms. The molecule has 0 bridgehead atoms. The van der Waals surface area contributed by atoms with Crippen molar-refractivity contribution in [3.05, 3.63) is 70.3 Å². The van der Waals surface area contributed by atoms with Crippen LogP contribution < -0.4 is 4.74 Å². The Kier molecular flexibility index (Phi) is 7.26. The lowest BCUT2D eigenvalue weighted by molar-refractivity contribution is -0.385. The largest absolute Gasteiger partial charge is 0.490 e.